The maximum Gasteiger partial charge on any atom is 0.256 e. The van der Waals surface area contributed by atoms with E-state index in [9.17, 15) is 13.2 Å². The number of hydrogen-bond acceptors (Lipinski definition) is 3. The summed E-state index contributed by atoms with van der Waals surface area (Å²) in [5, 5.41) is 2.82. The number of sulfonamides is 1. The highest BCUT2D eigenvalue weighted by Gasteiger charge is 2.31. The second-order valence-electron chi connectivity index (χ2n) is 7.23. The lowest BCUT2D eigenvalue weighted by Crippen LogP contribution is -2.42. The molecular formula is C20H23IN2O3S. The molecule has 0 saturated carbocycles. The average Bonchev–Trinajstić information content (AvgIpc) is 2.61. The van der Waals surface area contributed by atoms with Crippen LogP contribution in [0.25, 0.3) is 0 Å². The van der Waals surface area contributed by atoms with Gasteiger partial charge in [0.25, 0.3) is 5.91 Å². The van der Waals surface area contributed by atoms with Crippen molar-refractivity contribution in [3.63, 3.8) is 0 Å². The van der Waals surface area contributed by atoms with Crippen LogP contribution < -0.4 is 5.32 Å². The first-order valence-corrected chi connectivity index (χ1v) is 11.5. The summed E-state index contributed by atoms with van der Waals surface area (Å²) in [5.41, 5.74) is 1.16. The molecular weight excluding hydrogens is 475 g/mol. The molecule has 7 heteroatoms. The van der Waals surface area contributed by atoms with Gasteiger partial charge in [-0.15, -0.1) is 0 Å². The molecule has 2 aromatic carbocycles. The number of rotatable bonds is 4. The molecule has 0 radical (unpaired) electrons. The van der Waals surface area contributed by atoms with Crippen molar-refractivity contribution in [2.24, 2.45) is 11.8 Å². The Labute approximate surface area is 174 Å². The third-order valence-electron chi connectivity index (χ3n) is 4.70. The predicted octanol–water partition coefficient (Wildman–Crippen LogP) is 4.21. The van der Waals surface area contributed by atoms with Gasteiger partial charge in [-0.3, -0.25) is 4.79 Å². The average molecular weight is 498 g/mol. The Balaban J connectivity index is 1.75. The molecule has 0 aliphatic carbocycles. The summed E-state index contributed by atoms with van der Waals surface area (Å²) >= 11 is 2.12. The maximum atomic E-state index is 12.9. The number of nitrogens with zero attached hydrogens (tertiary/aromatic N) is 1. The SMILES string of the molecule is CC1CC(C)CN(S(=O)(=O)c2ccc(NC(=O)c3ccccc3I)cc2)C1. The first-order chi connectivity index (χ1) is 12.8. The van der Waals surface area contributed by atoms with Crippen molar-refractivity contribution in [1.82, 2.24) is 4.31 Å². The van der Waals surface area contributed by atoms with Gasteiger partial charge < -0.3 is 5.32 Å². The standard InChI is InChI=1S/C20H23IN2O3S/c1-14-11-15(2)13-23(12-14)27(25,26)17-9-7-16(8-10-17)22-20(24)18-5-3-4-6-19(18)21/h3-10,14-15H,11-13H2,1-2H3,(H,22,24). The van der Waals surface area contributed by atoms with Crippen LogP contribution in [0.5, 0.6) is 0 Å². The topological polar surface area (TPSA) is 66.5 Å². The molecule has 1 aliphatic rings. The van der Waals surface area contributed by atoms with E-state index in [1.807, 2.05) is 18.2 Å². The minimum atomic E-state index is -3.51. The van der Waals surface area contributed by atoms with Gasteiger partial charge in [0.15, 0.2) is 0 Å². The molecule has 2 atom stereocenters. The fourth-order valence-electron chi connectivity index (χ4n) is 3.51. The van der Waals surface area contributed by atoms with Gasteiger partial charge in [-0.05, 0) is 77.2 Å². The van der Waals surface area contributed by atoms with Gasteiger partial charge in [0.2, 0.25) is 10.0 Å². The van der Waals surface area contributed by atoms with Gasteiger partial charge in [-0.1, -0.05) is 26.0 Å². The van der Waals surface area contributed by atoms with E-state index in [1.54, 1.807) is 34.6 Å². The highest BCUT2D eigenvalue weighted by atomic mass is 127. The predicted molar refractivity (Wildman–Crippen MR) is 115 cm³/mol. The van der Waals surface area contributed by atoms with Gasteiger partial charge >= 0.3 is 0 Å². The number of carbonyl (C=O) groups excluding carboxylic acids is 1. The van der Waals surface area contributed by atoms with Crippen molar-refractivity contribution in [1.29, 1.82) is 0 Å². The summed E-state index contributed by atoms with van der Waals surface area (Å²) in [6, 6.07) is 13.7. The fourth-order valence-corrected chi connectivity index (χ4v) is 5.82. The third-order valence-corrected chi connectivity index (χ3v) is 7.49. The van der Waals surface area contributed by atoms with Crippen LogP contribution in [0.3, 0.4) is 0 Å². The van der Waals surface area contributed by atoms with Gasteiger partial charge in [0.05, 0.1) is 10.5 Å². The highest BCUT2D eigenvalue weighted by Crippen LogP contribution is 2.27. The van der Waals surface area contributed by atoms with Crippen molar-refractivity contribution < 1.29 is 13.2 Å². The van der Waals surface area contributed by atoms with Gasteiger partial charge in [0.1, 0.15) is 0 Å². The normalized spacial score (nSPS) is 21.0. The van der Waals surface area contributed by atoms with Crippen LogP contribution in [-0.4, -0.2) is 31.7 Å². The molecule has 2 aromatic rings. The van der Waals surface area contributed by atoms with E-state index in [4.69, 9.17) is 0 Å². The quantitative estimate of drug-likeness (QED) is 0.643. The Bertz CT molecular complexity index is 918. The molecule has 0 spiro atoms. The number of halogens is 1. The second-order valence-corrected chi connectivity index (χ2v) is 10.3. The molecule has 1 amide bonds. The summed E-state index contributed by atoms with van der Waals surface area (Å²) in [4.78, 5) is 12.7. The number of benzene rings is 2. The van der Waals surface area contributed by atoms with Crippen molar-refractivity contribution in [2.75, 3.05) is 18.4 Å². The lowest BCUT2D eigenvalue weighted by Gasteiger charge is -2.34. The molecule has 1 heterocycles. The molecule has 0 aromatic heterocycles. The second kappa shape index (κ2) is 8.28. The monoisotopic (exact) mass is 498 g/mol. The molecule has 1 fully saturated rings. The van der Waals surface area contributed by atoms with E-state index in [0.29, 0.717) is 36.2 Å². The third kappa shape index (κ3) is 4.70. The molecule has 0 bridgehead atoms. The van der Waals surface area contributed by atoms with Crippen LogP contribution in [0, 0.1) is 15.4 Å². The van der Waals surface area contributed by atoms with E-state index in [2.05, 4.69) is 41.8 Å². The molecule has 2 unspecified atom stereocenters. The zero-order valence-corrected chi connectivity index (χ0v) is 18.3. The molecule has 1 saturated heterocycles. The number of amides is 1. The Morgan fingerprint density at radius 3 is 2.22 bits per heavy atom. The van der Waals surface area contributed by atoms with Crippen LogP contribution in [0.15, 0.2) is 53.4 Å². The number of piperidine rings is 1. The maximum absolute atomic E-state index is 12.9. The summed E-state index contributed by atoms with van der Waals surface area (Å²) < 4.78 is 28.3. The molecule has 5 nitrogen and oxygen atoms in total. The lowest BCUT2D eigenvalue weighted by atomic mass is 9.94. The first kappa shape index (κ1) is 20.3. The molecule has 1 aliphatic heterocycles. The molecule has 1 N–H and O–H groups in total. The molecule has 3 rings (SSSR count). The largest absolute Gasteiger partial charge is 0.322 e. The van der Waals surface area contributed by atoms with Gasteiger partial charge in [-0.25, -0.2) is 8.42 Å². The van der Waals surface area contributed by atoms with Crippen LogP contribution in [0.1, 0.15) is 30.6 Å². The van der Waals surface area contributed by atoms with Crippen LogP contribution in [0.4, 0.5) is 5.69 Å². The highest BCUT2D eigenvalue weighted by molar-refractivity contribution is 14.1. The Morgan fingerprint density at radius 2 is 1.63 bits per heavy atom. The first-order valence-electron chi connectivity index (χ1n) is 8.93. The number of anilines is 1. The molecule has 144 valence electrons. The van der Waals surface area contributed by atoms with Crippen molar-refractivity contribution in [3.8, 4) is 0 Å². The van der Waals surface area contributed by atoms with Crippen molar-refractivity contribution >= 4 is 44.2 Å². The van der Waals surface area contributed by atoms with Crippen LogP contribution >= 0.6 is 22.6 Å². The van der Waals surface area contributed by atoms with Crippen molar-refractivity contribution in [2.45, 2.75) is 25.2 Å². The summed E-state index contributed by atoms with van der Waals surface area (Å²) in [6.07, 6.45) is 1.05. The number of carbonyl (C=O) groups is 1. The minimum absolute atomic E-state index is 0.214. The number of nitrogens with one attached hydrogen (secondary N) is 1. The van der Waals surface area contributed by atoms with E-state index < -0.39 is 10.0 Å². The molecule has 27 heavy (non-hydrogen) atoms. The fraction of sp³-hybridized carbons (Fsp3) is 0.350. The number of hydrogen-bond donors (Lipinski definition) is 1. The Kier molecular flexibility index (Phi) is 6.22. The van der Waals surface area contributed by atoms with Crippen LogP contribution in [-0.2, 0) is 10.0 Å². The summed E-state index contributed by atoms with van der Waals surface area (Å²) in [5.74, 6) is 0.500. The zero-order chi connectivity index (χ0) is 19.6. The smallest absolute Gasteiger partial charge is 0.256 e. The van der Waals surface area contributed by atoms with Gasteiger partial charge in [0, 0.05) is 22.3 Å². The minimum Gasteiger partial charge on any atom is -0.322 e. The Hall–Kier alpha value is -1.45. The van der Waals surface area contributed by atoms with E-state index in [1.165, 1.54) is 0 Å². The van der Waals surface area contributed by atoms with E-state index >= 15 is 0 Å². The van der Waals surface area contributed by atoms with Gasteiger partial charge in [-0.2, -0.15) is 4.31 Å². The summed E-state index contributed by atoms with van der Waals surface area (Å²) in [6.45, 7) is 5.28. The lowest BCUT2D eigenvalue weighted by molar-refractivity contribution is 0.102. The van der Waals surface area contributed by atoms with Crippen LogP contribution in [0.2, 0.25) is 0 Å². The van der Waals surface area contributed by atoms with E-state index in [0.717, 1.165) is 9.99 Å². The van der Waals surface area contributed by atoms with E-state index in [-0.39, 0.29) is 10.8 Å². The van der Waals surface area contributed by atoms with Crippen molar-refractivity contribution in [3.05, 3.63) is 57.7 Å². The Morgan fingerprint density at radius 1 is 1.04 bits per heavy atom. The zero-order valence-electron chi connectivity index (χ0n) is 15.4. The summed E-state index contributed by atoms with van der Waals surface area (Å²) in [7, 11) is -3.51.